The number of carboxylic acid groups (broad SMARTS) is 1. The molecule has 4 heteroatoms. The van der Waals surface area contributed by atoms with Crippen molar-refractivity contribution in [3.63, 3.8) is 0 Å². The summed E-state index contributed by atoms with van der Waals surface area (Å²) in [7, 11) is 0. The van der Waals surface area contributed by atoms with Crippen molar-refractivity contribution in [2.75, 3.05) is 6.54 Å². The molecule has 104 valence electrons. The van der Waals surface area contributed by atoms with Gasteiger partial charge in [-0.2, -0.15) is 0 Å². The Hall–Kier alpha value is -1.84. The zero-order valence-corrected chi connectivity index (χ0v) is 11.3. The van der Waals surface area contributed by atoms with Gasteiger partial charge in [-0.05, 0) is 30.5 Å². The number of hydrogen-bond acceptors (Lipinski definition) is 2. The molecule has 0 radical (unpaired) electrons. The summed E-state index contributed by atoms with van der Waals surface area (Å²) in [6.45, 7) is 2.65. The third-order valence-electron chi connectivity index (χ3n) is 2.92. The first kappa shape index (κ1) is 15.2. The summed E-state index contributed by atoms with van der Waals surface area (Å²) in [4.78, 5) is 22.3. The van der Waals surface area contributed by atoms with Crippen molar-refractivity contribution in [3.05, 3.63) is 35.4 Å². The van der Waals surface area contributed by atoms with E-state index in [2.05, 4.69) is 12.2 Å². The average molecular weight is 263 g/mol. The highest BCUT2D eigenvalue weighted by molar-refractivity contribution is 5.87. The Bertz CT molecular complexity index is 429. The maximum absolute atomic E-state index is 11.5. The number of carboxylic acids is 1. The highest BCUT2D eigenvalue weighted by atomic mass is 16.4. The van der Waals surface area contributed by atoms with E-state index in [1.807, 2.05) is 6.07 Å². The fourth-order valence-corrected chi connectivity index (χ4v) is 1.83. The Morgan fingerprint density at radius 1 is 1.26 bits per heavy atom. The monoisotopic (exact) mass is 263 g/mol. The maximum atomic E-state index is 11.5. The van der Waals surface area contributed by atoms with Crippen LogP contribution in [0.15, 0.2) is 24.3 Å². The van der Waals surface area contributed by atoms with Crippen LogP contribution in [-0.4, -0.2) is 23.5 Å². The van der Waals surface area contributed by atoms with Crippen LogP contribution in [0.2, 0.25) is 0 Å². The first-order valence-electron chi connectivity index (χ1n) is 6.72. The van der Waals surface area contributed by atoms with E-state index in [1.165, 1.54) is 0 Å². The topological polar surface area (TPSA) is 66.4 Å². The van der Waals surface area contributed by atoms with E-state index in [0.29, 0.717) is 19.4 Å². The molecule has 0 atom stereocenters. The molecular formula is C15H21NO3. The second-order valence-corrected chi connectivity index (χ2v) is 4.56. The van der Waals surface area contributed by atoms with Crippen molar-refractivity contribution in [3.8, 4) is 0 Å². The van der Waals surface area contributed by atoms with Gasteiger partial charge in [0.15, 0.2) is 0 Å². The summed E-state index contributed by atoms with van der Waals surface area (Å²) >= 11 is 0. The lowest BCUT2D eigenvalue weighted by Gasteiger charge is -2.06. The van der Waals surface area contributed by atoms with Crippen LogP contribution < -0.4 is 5.32 Å². The zero-order valence-electron chi connectivity index (χ0n) is 11.3. The first-order chi connectivity index (χ1) is 9.13. The summed E-state index contributed by atoms with van der Waals surface area (Å²) in [6, 6.07) is 6.80. The van der Waals surface area contributed by atoms with Gasteiger partial charge in [-0.3, -0.25) is 4.79 Å². The predicted octanol–water partition coefficient (Wildman–Crippen LogP) is 2.62. The van der Waals surface area contributed by atoms with Gasteiger partial charge in [0.1, 0.15) is 0 Å². The van der Waals surface area contributed by atoms with Crippen LogP contribution in [0.3, 0.4) is 0 Å². The number of unbranched alkanes of at least 4 members (excludes halogenated alkanes) is 2. The van der Waals surface area contributed by atoms with E-state index in [0.717, 1.165) is 24.8 Å². The molecule has 19 heavy (non-hydrogen) atoms. The number of rotatable bonds is 8. The molecule has 0 fully saturated rings. The molecule has 0 saturated heterocycles. The average Bonchev–Trinajstić information content (AvgIpc) is 2.39. The summed E-state index contributed by atoms with van der Waals surface area (Å²) in [5.41, 5.74) is 1.21. The van der Waals surface area contributed by atoms with E-state index in [9.17, 15) is 9.59 Å². The normalized spacial score (nSPS) is 10.2. The van der Waals surface area contributed by atoms with E-state index < -0.39 is 5.97 Å². The molecule has 0 unspecified atom stereocenters. The van der Waals surface area contributed by atoms with E-state index in [4.69, 9.17) is 5.11 Å². The van der Waals surface area contributed by atoms with Crippen molar-refractivity contribution >= 4 is 11.9 Å². The van der Waals surface area contributed by atoms with Crippen LogP contribution in [0.1, 0.15) is 48.5 Å². The molecule has 2 N–H and O–H groups in total. The number of carbonyl (C=O) groups is 2. The van der Waals surface area contributed by atoms with Gasteiger partial charge in [0.25, 0.3) is 0 Å². The van der Waals surface area contributed by atoms with Gasteiger partial charge in [0.2, 0.25) is 5.91 Å². The fraction of sp³-hybridized carbons (Fsp3) is 0.467. The number of nitrogens with one attached hydrogen (secondary N) is 1. The first-order valence-corrected chi connectivity index (χ1v) is 6.72. The molecule has 1 aromatic rings. The van der Waals surface area contributed by atoms with Gasteiger partial charge < -0.3 is 10.4 Å². The summed E-state index contributed by atoms with van der Waals surface area (Å²) in [5, 5.41) is 11.7. The highest BCUT2D eigenvalue weighted by Gasteiger charge is 2.04. The van der Waals surface area contributed by atoms with Gasteiger partial charge >= 0.3 is 5.97 Å². The lowest BCUT2D eigenvalue weighted by molar-refractivity contribution is -0.121. The van der Waals surface area contributed by atoms with E-state index >= 15 is 0 Å². The van der Waals surface area contributed by atoms with Crippen LogP contribution in [0.4, 0.5) is 0 Å². The van der Waals surface area contributed by atoms with Crippen LogP contribution in [-0.2, 0) is 11.2 Å². The Morgan fingerprint density at radius 2 is 2.05 bits per heavy atom. The zero-order chi connectivity index (χ0) is 14.1. The van der Waals surface area contributed by atoms with Crippen molar-refractivity contribution in [1.29, 1.82) is 0 Å². The molecule has 0 aromatic heterocycles. The Morgan fingerprint density at radius 3 is 2.74 bits per heavy atom. The van der Waals surface area contributed by atoms with Crippen molar-refractivity contribution < 1.29 is 14.7 Å². The second-order valence-electron chi connectivity index (χ2n) is 4.56. The van der Waals surface area contributed by atoms with Crippen molar-refractivity contribution in [1.82, 2.24) is 5.32 Å². The predicted molar refractivity (Wildman–Crippen MR) is 74.3 cm³/mol. The minimum absolute atomic E-state index is 0.0721. The Kier molecular flexibility index (Phi) is 6.64. The number of aromatic carboxylic acids is 1. The molecule has 0 bridgehead atoms. The lowest BCUT2D eigenvalue weighted by atomic mass is 10.1. The van der Waals surface area contributed by atoms with Crippen LogP contribution >= 0.6 is 0 Å². The number of benzene rings is 1. The van der Waals surface area contributed by atoms with Crippen LogP contribution in [0, 0.1) is 0 Å². The van der Waals surface area contributed by atoms with Crippen LogP contribution in [0.25, 0.3) is 0 Å². The number of amides is 1. The van der Waals surface area contributed by atoms with Crippen molar-refractivity contribution in [2.45, 2.75) is 39.0 Å². The van der Waals surface area contributed by atoms with Gasteiger partial charge in [-0.25, -0.2) is 4.79 Å². The molecule has 0 heterocycles. The fourth-order valence-electron chi connectivity index (χ4n) is 1.83. The largest absolute Gasteiger partial charge is 0.478 e. The molecule has 1 amide bonds. The number of hydrogen-bond donors (Lipinski definition) is 2. The molecule has 0 aliphatic rings. The minimum Gasteiger partial charge on any atom is -0.478 e. The molecule has 0 saturated carbocycles. The molecule has 1 aromatic carbocycles. The number of carbonyl (C=O) groups excluding carboxylic acids is 1. The van der Waals surface area contributed by atoms with Gasteiger partial charge in [0.05, 0.1) is 5.56 Å². The summed E-state index contributed by atoms with van der Waals surface area (Å²) in [6.07, 6.45) is 4.34. The van der Waals surface area contributed by atoms with Gasteiger partial charge in [0, 0.05) is 13.0 Å². The Labute approximate surface area is 113 Å². The standard InChI is InChI=1S/C15H21NO3/c1-2-3-4-8-14(17)16-10-9-12-6-5-7-13(11-12)15(18)19/h5-7,11H,2-4,8-10H2,1H3,(H,16,17)(H,18,19). The summed E-state index contributed by atoms with van der Waals surface area (Å²) < 4.78 is 0. The molecule has 0 aliphatic carbocycles. The maximum Gasteiger partial charge on any atom is 0.335 e. The molecule has 0 aliphatic heterocycles. The van der Waals surface area contributed by atoms with Gasteiger partial charge in [-0.15, -0.1) is 0 Å². The van der Waals surface area contributed by atoms with E-state index in [-0.39, 0.29) is 11.5 Å². The molecule has 0 spiro atoms. The molecule has 1 rings (SSSR count). The van der Waals surface area contributed by atoms with Gasteiger partial charge in [-0.1, -0.05) is 31.9 Å². The SMILES string of the molecule is CCCCCC(=O)NCCc1cccc(C(=O)O)c1. The highest BCUT2D eigenvalue weighted by Crippen LogP contribution is 2.06. The minimum atomic E-state index is -0.926. The third kappa shape index (κ3) is 6.04. The smallest absolute Gasteiger partial charge is 0.335 e. The molecular weight excluding hydrogens is 242 g/mol. The Balaban J connectivity index is 2.31. The van der Waals surface area contributed by atoms with E-state index in [1.54, 1.807) is 18.2 Å². The summed E-state index contributed by atoms with van der Waals surface area (Å²) in [5.74, 6) is -0.853. The van der Waals surface area contributed by atoms with Crippen molar-refractivity contribution in [2.24, 2.45) is 0 Å². The lowest BCUT2D eigenvalue weighted by Crippen LogP contribution is -2.25. The van der Waals surface area contributed by atoms with Crippen LogP contribution in [0.5, 0.6) is 0 Å². The second kappa shape index (κ2) is 8.29. The quantitative estimate of drug-likeness (QED) is 0.708. The third-order valence-corrected chi connectivity index (χ3v) is 2.92. The molecule has 4 nitrogen and oxygen atoms in total.